The average molecular weight is 360 g/mol. The Kier molecular flexibility index (Phi) is 9.22. The fraction of sp³-hybridized carbons (Fsp3) is 0.636. The van der Waals surface area contributed by atoms with E-state index in [1.165, 1.54) is 5.56 Å². The van der Waals surface area contributed by atoms with Gasteiger partial charge >= 0.3 is 5.97 Å². The van der Waals surface area contributed by atoms with E-state index in [0.717, 1.165) is 57.8 Å². The second kappa shape index (κ2) is 11.7. The van der Waals surface area contributed by atoms with Gasteiger partial charge in [-0.15, -0.1) is 0 Å². The Morgan fingerprint density at radius 1 is 1.12 bits per heavy atom. The van der Waals surface area contributed by atoms with Gasteiger partial charge in [-0.05, 0) is 56.9 Å². The number of hydrogen-bond donors (Lipinski definition) is 1. The highest BCUT2D eigenvalue weighted by Gasteiger charge is 2.30. The zero-order chi connectivity index (χ0) is 18.6. The number of amides is 1. The van der Waals surface area contributed by atoms with Crippen molar-refractivity contribution in [1.82, 2.24) is 5.32 Å². The van der Waals surface area contributed by atoms with E-state index in [2.05, 4.69) is 36.5 Å². The van der Waals surface area contributed by atoms with E-state index in [0.29, 0.717) is 19.1 Å². The Morgan fingerprint density at radius 3 is 2.69 bits per heavy atom. The van der Waals surface area contributed by atoms with Crippen molar-refractivity contribution in [3.05, 3.63) is 35.9 Å². The maximum Gasteiger partial charge on any atom is 0.305 e. The SMILES string of the molecule is CCCC1CC(CCCC(=O)OCCCCCc2ccccc2)C(=O)N1. The highest BCUT2D eigenvalue weighted by atomic mass is 16.5. The average Bonchev–Trinajstić information content (AvgIpc) is 2.98. The van der Waals surface area contributed by atoms with Crippen LogP contribution in [-0.2, 0) is 20.7 Å². The molecule has 1 N–H and O–H groups in total. The molecule has 1 fully saturated rings. The van der Waals surface area contributed by atoms with Gasteiger partial charge in [0.15, 0.2) is 0 Å². The van der Waals surface area contributed by atoms with Gasteiger partial charge < -0.3 is 10.1 Å². The number of ether oxygens (including phenoxy) is 1. The Balaban J connectivity index is 1.46. The quantitative estimate of drug-likeness (QED) is 0.444. The fourth-order valence-corrected chi connectivity index (χ4v) is 3.62. The Morgan fingerprint density at radius 2 is 1.92 bits per heavy atom. The predicted octanol–water partition coefficient (Wildman–Crippen LogP) is 4.42. The van der Waals surface area contributed by atoms with E-state index in [4.69, 9.17) is 4.74 Å². The normalized spacial score (nSPS) is 19.3. The summed E-state index contributed by atoms with van der Waals surface area (Å²) in [5, 5.41) is 3.05. The molecule has 26 heavy (non-hydrogen) atoms. The first kappa shape index (κ1) is 20.5. The minimum Gasteiger partial charge on any atom is -0.466 e. The minimum atomic E-state index is -0.128. The van der Waals surface area contributed by atoms with Crippen LogP contribution in [0.5, 0.6) is 0 Å². The second-order valence-electron chi connectivity index (χ2n) is 7.34. The summed E-state index contributed by atoms with van der Waals surface area (Å²) in [6, 6.07) is 10.8. The number of unbranched alkanes of at least 4 members (excludes halogenated alkanes) is 2. The maximum atomic E-state index is 11.9. The highest BCUT2D eigenvalue weighted by Crippen LogP contribution is 2.23. The molecule has 0 aromatic heterocycles. The minimum absolute atomic E-state index is 0.0809. The van der Waals surface area contributed by atoms with Gasteiger partial charge in [-0.2, -0.15) is 0 Å². The summed E-state index contributed by atoms with van der Waals surface area (Å²) in [5.41, 5.74) is 1.36. The topological polar surface area (TPSA) is 55.4 Å². The molecule has 4 heteroatoms. The Hall–Kier alpha value is -1.84. The van der Waals surface area contributed by atoms with Crippen LogP contribution in [0.4, 0.5) is 0 Å². The molecule has 4 nitrogen and oxygen atoms in total. The van der Waals surface area contributed by atoms with Gasteiger partial charge in [0.1, 0.15) is 0 Å². The Bertz CT molecular complexity index is 544. The molecule has 1 amide bonds. The summed E-state index contributed by atoms with van der Waals surface area (Å²) in [6.45, 7) is 2.65. The maximum absolute atomic E-state index is 11.9. The van der Waals surface area contributed by atoms with Crippen LogP contribution in [0.15, 0.2) is 30.3 Å². The van der Waals surface area contributed by atoms with Crippen LogP contribution < -0.4 is 5.32 Å². The molecule has 1 aromatic carbocycles. The molecular weight excluding hydrogens is 326 g/mol. The number of benzene rings is 1. The van der Waals surface area contributed by atoms with Crippen molar-refractivity contribution in [1.29, 1.82) is 0 Å². The largest absolute Gasteiger partial charge is 0.466 e. The van der Waals surface area contributed by atoms with E-state index in [9.17, 15) is 9.59 Å². The van der Waals surface area contributed by atoms with Crippen LogP contribution in [0, 0.1) is 5.92 Å². The molecular formula is C22H33NO3. The molecule has 1 aliphatic rings. The molecule has 1 saturated heterocycles. The third kappa shape index (κ3) is 7.59. The van der Waals surface area contributed by atoms with Crippen LogP contribution in [0.25, 0.3) is 0 Å². The molecule has 1 heterocycles. The van der Waals surface area contributed by atoms with Gasteiger partial charge in [0.2, 0.25) is 5.91 Å². The summed E-state index contributed by atoms with van der Waals surface area (Å²) in [5.74, 6) is 0.115. The van der Waals surface area contributed by atoms with E-state index < -0.39 is 0 Å². The van der Waals surface area contributed by atoms with E-state index in [1.54, 1.807) is 0 Å². The van der Waals surface area contributed by atoms with E-state index in [1.807, 2.05) is 6.07 Å². The number of carbonyl (C=O) groups excluding carboxylic acids is 2. The van der Waals surface area contributed by atoms with Gasteiger partial charge in [0.25, 0.3) is 0 Å². The third-order valence-corrected chi connectivity index (χ3v) is 5.07. The van der Waals surface area contributed by atoms with Crippen LogP contribution in [-0.4, -0.2) is 24.5 Å². The van der Waals surface area contributed by atoms with Gasteiger partial charge in [0.05, 0.1) is 6.61 Å². The lowest BCUT2D eigenvalue weighted by atomic mass is 9.97. The number of carbonyl (C=O) groups is 2. The summed E-state index contributed by atoms with van der Waals surface area (Å²) in [6.07, 6.45) is 9.21. The molecule has 0 radical (unpaired) electrons. The second-order valence-corrected chi connectivity index (χ2v) is 7.34. The molecule has 0 aliphatic carbocycles. The first-order valence-corrected chi connectivity index (χ1v) is 10.2. The molecule has 2 rings (SSSR count). The molecule has 2 atom stereocenters. The van der Waals surface area contributed by atoms with Crippen LogP contribution >= 0.6 is 0 Å². The lowest BCUT2D eigenvalue weighted by Crippen LogP contribution is -2.26. The molecule has 2 unspecified atom stereocenters. The zero-order valence-corrected chi connectivity index (χ0v) is 16.0. The summed E-state index contributed by atoms with van der Waals surface area (Å²) in [7, 11) is 0. The molecule has 1 aliphatic heterocycles. The van der Waals surface area contributed by atoms with Crippen LogP contribution in [0.2, 0.25) is 0 Å². The van der Waals surface area contributed by atoms with Gasteiger partial charge in [-0.25, -0.2) is 0 Å². The number of aryl methyl sites for hydroxylation is 1. The number of rotatable bonds is 12. The number of nitrogens with one attached hydrogen (secondary N) is 1. The standard InChI is InChI=1S/C22H33NO3/c1-2-10-20-17-19(22(25)23-20)14-9-15-21(24)26-16-8-4-7-13-18-11-5-3-6-12-18/h3,5-6,11-12,19-20H,2,4,7-10,13-17H2,1H3,(H,23,25). The molecule has 144 valence electrons. The molecule has 0 spiro atoms. The fourth-order valence-electron chi connectivity index (χ4n) is 3.62. The van der Waals surface area contributed by atoms with Crippen molar-refractivity contribution in [2.45, 2.75) is 77.2 Å². The molecule has 0 bridgehead atoms. The van der Waals surface area contributed by atoms with Gasteiger partial charge in [-0.3, -0.25) is 9.59 Å². The smallest absolute Gasteiger partial charge is 0.305 e. The predicted molar refractivity (Wildman–Crippen MR) is 104 cm³/mol. The lowest BCUT2D eigenvalue weighted by molar-refractivity contribution is -0.144. The number of esters is 1. The van der Waals surface area contributed by atoms with Gasteiger partial charge in [-0.1, -0.05) is 43.7 Å². The van der Waals surface area contributed by atoms with Gasteiger partial charge in [0, 0.05) is 18.4 Å². The van der Waals surface area contributed by atoms with Crippen molar-refractivity contribution in [2.75, 3.05) is 6.61 Å². The van der Waals surface area contributed by atoms with Crippen LogP contribution in [0.1, 0.15) is 70.3 Å². The summed E-state index contributed by atoms with van der Waals surface area (Å²) >= 11 is 0. The number of hydrogen-bond acceptors (Lipinski definition) is 3. The van der Waals surface area contributed by atoms with E-state index >= 15 is 0 Å². The van der Waals surface area contributed by atoms with Crippen molar-refractivity contribution in [2.24, 2.45) is 5.92 Å². The van der Waals surface area contributed by atoms with Crippen molar-refractivity contribution in [3.8, 4) is 0 Å². The Labute approximate surface area is 157 Å². The third-order valence-electron chi connectivity index (χ3n) is 5.07. The molecule has 1 aromatic rings. The van der Waals surface area contributed by atoms with Crippen LogP contribution in [0.3, 0.4) is 0 Å². The highest BCUT2D eigenvalue weighted by molar-refractivity contribution is 5.81. The van der Waals surface area contributed by atoms with Crippen molar-refractivity contribution >= 4 is 11.9 Å². The molecule has 0 saturated carbocycles. The zero-order valence-electron chi connectivity index (χ0n) is 16.0. The van der Waals surface area contributed by atoms with Crippen molar-refractivity contribution < 1.29 is 14.3 Å². The summed E-state index contributed by atoms with van der Waals surface area (Å²) < 4.78 is 5.31. The summed E-state index contributed by atoms with van der Waals surface area (Å²) in [4.78, 5) is 23.7. The van der Waals surface area contributed by atoms with Crippen molar-refractivity contribution in [3.63, 3.8) is 0 Å². The first-order chi connectivity index (χ1) is 12.7. The van der Waals surface area contributed by atoms with E-state index in [-0.39, 0.29) is 17.8 Å². The monoisotopic (exact) mass is 359 g/mol. The lowest BCUT2D eigenvalue weighted by Gasteiger charge is -2.08. The first-order valence-electron chi connectivity index (χ1n) is 10.2.